The van der Waals surface area contributed by atoms with Crippen LogP contribution in [0.25, 0.3) is 0 Å². The molecule has 21 heavy (non-hydrogen) atoms. The molecule has 1 aromatic rings. The molecule has 1 saturated heterocycles. The molecule has 1 spiro atoms. The van der Waals surface area contributed by atoms with E-state index in [-0.39, 0.29) is 11.8 Å². The van der Waals surface area contributed by atoms with Crippen LogP contribution in [0.5, 0.6) is 0 Å². The van der Waals surface area contributed by atoms with Gasteiger partial charge in [-0.3, -0.25) is 9.59 Å². The molecule has 1 aromatic carbocycles. The molecule has 2 amide bonds. The Morgan fingerprint density at radius 3 is 2.48 bits per heavy atom. The van der Waals surface area contributed by atoms with E-state index in [2.05, 4.69) is 5.32 Å². The van der Waals surface area contributed by atoms with Crippen LogP contribution >= 0.6 is 11.6 Å². The van der Waals surface area contributed by atoms with Gasteiger partial charge in [-0.25, -0.2) is 0 Å². The third-order valence-electron chi connectivity index (χ3n) is 4.60. The van der Waals surface area contributed by atoms with Crippen LogP contribution in [0.15, 0.2) is 24.3 Å². The van der Waals surface area contributed by atoms with E-state index in [4.69, 9.17) is 11.6 Å². The predicted molar refractivity (Wildman–Crippen MR) is 80.8 cm³/mol. The maximum Gasteiger partial charge on any atom is 0.249 e. The summed E-state index contributed by atoms with van der Waals surface area (Å²) in [5, 5.41) is 3.63. The highest BCUT2D eigenvalue weighted by Gasteiger charge is 2.50. The summed E-state index contributed by atoms with van der Waals surface area (Å²) in [5.41, 5.74) is 0.332. The Morgan fingerprint density at radius 2 is 1.86 bits per heavy atom. The predicted octanol–water partition coefficient (Wildman–Crippen LogP) is 2.50. The second-order valence-corrected chi connectivity index (χ2v) is 6.45. The summed E-state index contributed by atoms with van der Waals surface area (Å²) in [7, 11) is 0. The molecule has 0 bridgehead atoms. The lowest BCUT2D eigenvalue weighted by atomic mass is 9.90. The van der Waals surface area contributed by atoms with Gasteiger partial charge in [-0.2, -0.15) is 0 Å². The number of hydrogen-bond donors (Lipinski definition) is 1. The quantitative estimate of drug-likeness (QED) is 0.912. The molecule has 1 N–H and O–H groups in total. The monoisotopic (exact) mass is 306 g/mol. The van der Waals surface area contributed by atoms with E-state index in [1.54, 1.807) is 24.0 Å². The van der Waals surface area contributed by atoms with Gasteiger partial charge in [-0.15, -0.1) is 0 Å². The summed E-state index contributed by atoms with van der Waals surface area (Å²) in [5.74, 6) is 0.00696. The summed E-state index contributed by atoms with van der Waals surface area (Å²) in [6.07, 6.45) is 3.49. The van der Waals surface area contributed by atoms with Crippen molar-refractivity contribution in [1.82, 2.24) is 10.2 Å². The van der Waals surface area contributed by atoms with E-state index in [0.717, 1.165) is 31.2 Å². The van der Waals surface area contributed by atoms with Gasteiger partial charge in [0, 0.05) is 11.6 Å². The van der Waals surface area contributed by atoms with Gasteiger partial charge in [-0.1, -0.05) is 36.6 Å². The van der Waals surface area contributed by atoms with Crippen LogP contribution in [0.2, 0.25) is 5.02 Å². The van der Waals surface area contributed by atoms with Gasteiger partial charge >= 0.3 is 0 Å². The summed E-state index contributed by atoms with van der Waals surface area (Å²) < 4.78 is 0. The highest BCUT2D eigenvalue weighted by atomic mass is 35.5. The molecule has 1 aliphatic heterocycles. The molecule has 2 fully saturated rings. The summed E-state index contributed by atoms with van der Waals surface area (Å²) >= 11 is 5.89. The standard InChI is InChI=1S/C16H19ClN2O2/c1-11-14(20)18-16(8-2-3-9-16)15(21)19(11)10-12-4-6-13(17)7-5-12/h4-7,11H,2-3,8-10H2,1H3,(H,18,20). The lowest BCUT2D eigenvalue weighted by Gasteiger charge is -2.43. The summed E-state index contributed by atoms with van der Waals surface area (Å²) in [4.78, 5) is 26.8. The number of hydrogen-bond acceptors (Lipinski definition) is 2. The molecular formula is C16H19ClN2O2. The van der Waals surface area contributed by atoms with Crippen molar-refractivity contribution in [2.24, 2.45) is 0 Å². The lowest BCUT2D eigenvalue weighted by Crippen LogP contribution is -2.68. The Morgan fingerprint density at radius 1 is 1.24 bits per heavy atom. The number of carbonyl (C=O) groups is 2. The SMILES string of the molecule is CC1C(=O)NC2(CCCC2)C(=O)N1Cc1ccc(Cl)cc1. The second kappa shape index (κ2) is 5.34. The fourth-order valence-electron chi connectivity index (χ4n) is 3.30. The third-order valence-corrected chi connectivity index (χ3v) is 4.85. The zero-order chi connectivity index (χ0) is 15.0. The van der Waals surface area contributed by atoms with Gasteiger partial charge < -0.3 is 10.2 Å². The molecule has 5 heteroatoms. The van der Waals surface area contributed by atoms with Crippen molar-refractivity contribution in [3.63, 3.8) is 0 Å². The number of nitrogens with zero attached hydrogens (tertiary/aromatic N) is 1. The first-order valence-electron chi connectivity index (χ1n) is 7.39. The first-order chi connectivity index (χ1) is 10.0. The van der Waals surface area contributed by atoms with E-state index in [0.29, 0.717) is 11.6 Å². The Bertz CT molecular complexity index is 564. The van der Waals surface area contributed by atoms with E-state index < -0.39 is 11.6 Å². The van der Waals surface area contributed by atoms with Crippen LogP contribution in [0.1, 0.15) is 38.2 Å². The first kappa shape index (κ1) is 14.4. The van der Waals surface area contributed by atoms with Gasteiger partial charge in [0.1, 0.15) is 11.6 Å². The van der Waals surface area contributed by atoms with Gasteiger partial charge in [-0.05, 0) is 37.5 Å². The molecule has 1 aliphatic carbocycles. The van der Waals surface area contributed by atoms with Crippen LogP contribution in [-0.2, 0) is 16.1 Å². The summed E-state index contributed by atoms with van der Waals surface area (Å²) in [6, 6.07) is 6.98. The van der Waals surface area contributed by atoms with E-state index in [9.17, 15) is 9.59 Å². The molecule has 1 atom stereocenters. The largest absolute Gasteiger partial charge is 0.340 e. The highest BCUT2D eigenvalue weighted by Crippen LogP contribution is 2.35. The average Bonchev–Trinajstić information content (AvgIpc) is 2.93. The molecule has 112 valence electrons. The smallest absolute Gasteiger partial charge is 0.249 e. The van der Waals surface area contributed by atoms with Crippen molar-refractivity contribution in [3.8, 4) is 0 Å². The molecule has 0 radical (unpaired) electrons. The van der Waals surface area contributed by atoms with Crippen molar-refractivity contribution in [3.05, 3.63) is 34.9 Å². The molecule has 3 rings (SSSR count). The van der Waals surface area contributed by atoms with Gasteiger partial charge in [0.25, 0.3) is 0 Å². The minimum absolute atomic E-state index is 0.0505. The number of halogens is 1. The molecule has 0 aromatic heterocycles. The van der Waals surface area contributed by atoms with Crippen LogP contribution in [0.3, 0.4) is 0 Å². The molecule has 1 heterocycles. The number of carbonyl (C=O) groups excluding carboxylic acids is 2. The average molecular weight is 307 g/mol. The van der Waals surface area contributed by atoms with Gasteiger partial charge in [0.15, 0.2) is 0 Å². The van der Waals surface area contributed by atoms with Gasteiger partial charge in [0.2, 0.25) is 11.8 Å². The van der Waals surface area contributed by atoms with Crippen LogP contribution in [0.4, 0.5) is 0 Å². The molecule has 1 unspecified atom stereocenters. The third kappa shape index (κ3) is 2.53. The topological polar surface area (TPSA) is 49.4 Å². The Labute approximate surface area is 129 Å². The fraction of sp³-hybridized carbons (Fsp3) is 0.500. The minimum atomic E-state index is -0.657. The van der Waals surface area contributed by atoms with E-state index >= 15 is 0 Å². The molecule has 4 nitrogen and oxygen atoms in total. The van der Waals surface area contributed by atoms with Crippen LogP contribution in [-0.4, -0.2) is 28.3 Å². The van der Waals surface area contributed by atoms with Crippen molar-refractivity contribution in [1.29, 1.82) is 0 Å². The number of benzene rings is 1. The highest BCUT2D eigenvalue weighted by molar-refractivity contribution is 6.30. The Hall–Kier alpha value is -1.55. The van der Waals surface area contributed by atoms with E-state index in [1.807, 2.05) is 12.1 Å². The lowest BCUT2D eigenvalue weighted by molar-refractivity contribution is -0.154. The second-order valence-electron chi connectivity index (χ2n) is 6.01. The number of rotatable bonds is 2. The molecule has 1 saturated carbocycles. The fourth-order valence-corrected chi connectivity index (χ4v) is 3.42. The van der Waals surface area contributed by atoms with Crippen LogP contribution in [0, 0.1) is 0 Å². The Kier molecular flexibility index (Phi) is 3.66. The minimum Gasteiger partial charge on any atom is -0.340 e. The maximum atomic E-state index is 12.9. The Balaban J connectivity index is 1.86. The van der Waals surface area contributed by atoms with Crippen molar-refractivity contribution >= 4 is 23.4 Å². The number of piperazine rings is 1. The zero-order valence-electron chi connectivity index (χ0n) is 12.1. The first-order valence-corrected chi connectivity index (χ1v) is 7.77. The number of amides is 2. The van der Waals surface area contributed by atoms with Crippen molar-refractivity contribution in [2.45, 2.75) is 50.7 Å². The van der Waals surface area contributed by atoms with Crippen molar-refractivity contribution in [2.75, 3.05) is 0 Å². The van der Waals surface area contributed by atoms with Crippen molar-refractivity contribution < 1.29 is 9.59 Å². The van der Waals surface area contributed by atoms with Crippen LogP contribution < -0.4 is 5.32 Å². The molecule has 2 aliphatic rings. The summed E-state index contributed by atoms with van der Waals surface area (Å²) in [6.45, 7) is 2.23. The van der Waals surface area contributed by atoms with E-state index in [1.165, 1.54) is 0 Å². The zero-order valence-corrected chi connectivity index (χ0v) is 12.8. The van der Waals surface area contributed by atoms with Gasteiger partial charge in [0.05, 0.1) is 0 Å². The molecular weight excluding hydrogens is 288 g/mol. The normalized spacial score (nSPS) is 24.5. The maximum absolute atomic E-state index is 12.9. The number of nitrogens with one attached hydrogen (secondary N) is 1.